The van der Waals surface area contributed by atoms with Crippen LogP contribution in [-0.4, -0.2) is 41.4 Å². The Bertz CT molecular complexity index is 1030. The molecule has 1 atom stereocenters. The SMILES string of the molecule is CCOc1ccc(CNC(=O)[C@@H](C)C2CCN(C(=O)c3cc4ccccc4[nH]3)CC2)cc1. The predicted octanol–water partition coefficient (Wildman–Crippen LogP) is 4.37. The first-order valence-electron chi connectivity index (χ1n) is 11.4. The van der Waals surface area contributed by atoms with E-state index in [1.807, 2.05) is 73.3 Å². The van der Waals surface area contributed by atoms with Crippen LogP contribution in [0.3, 0.4) is 0 Å². The average molecular weight is 434 g/mol. The summed E-state index contributed by atoms with van der Waals surface area (Å²) in [5.41, 5.74) is 2.65. The molecule has 0 saturated carbocycles. The first-order chi connectivity index (χ1) is 15.5. The van der Waals surface area contributed by atoms with Crippen molar-refractivity contribution in [2.45, 2.75) is 33.2 Å². The van der Waals surface area contributed by atoms with Gasteiger partial charge >= 0.3 is 0 Å². The Morgan fingerprint density at radius 3 is 2.53 bits per heavy atom. The Morgan fingerprint density at radius 2 is 1.84 bits per heavy atom. The van der Waals surface area contributed by atoms with Gasteiger partial charge in [0.15, 0.2) is 0 Å². The molecule has 32 heavy (non-hydrogen) atoms. The number of para-hydroxylation sites is 1. The molecule has 1 aliphatic rings. The summed E-state index contributed by atoms with van der Waals surface area (Å²) in [6.07, 6.45) is 1.67. The second-order valence-corrected chi connectivity index (χ2v) is 8.48. The van der Waals surface area contributed by atoms with Gasteiger partial charge in [-0.25, -0.2) is 0 Å². The lowest BCUT2D eigenvalue weighted by molar-refractivity contribution is -0.126. The number of likely N-dealkylation sites (tertiary alicyclic amines) is 1. The maximum Gasteiger partial charge on any atom is 0.270 e. The molecule has 4 rings (SSSR count). The van der Waals surface area contributed by atoms with Crippen LogP contribution in [0.4, 0.5) is 0 Å². The standard InChI is InChI=1S/C26H31N3O3/c1-3-32-22-10-8-19(9-11-22)17-27-25(30)18(2)20-12-14-29(15-13-20)26(31)24-16-21-6-4-5-7-23(21)28-24/h4-11,16,18,20,28H,3,12-15,17H2,1-2H3,(H,27,30)/t18-/m0/s1. The fourth-order valence-electron chi connectivity index (χ4n) is 4.40. The van der Waals surface area contributed by atoms with Gasteiger partial charge in [0.05, 0.1) is 6.61 Å². The number of hydrogen-bond donors (Lipinski definition) is 2. The van der Waals surface area contributed by atoms with E-state index in [2.05, 4.69) is 10.3 Å². The number of carbonyl (C=O) groups excluding carboxylic acids is 2. The number of piperidine rings is 1. The van der Waals surface area contributed by atoms with Gasteiger partial charge in [-0.15, -0.1) is 0 Å². The number of aromatic amines is 1. The molecule has 1 saturated heterocycles. The highest BCUT2D eigenvalue weighted by Gasteiger charge is 2.30. The quantitative estimate of drug-likeness (QED) is 0.581. The van der Waals surface area contributed by atoms with Crippen molar-refractivity contribution in [3.05, 3.63) is 65.9 Å². The molecule has 2 heterocycles. The van der Waals surface area contributed by atoms with Crippen LogP contribution in [0.25, 0.3) is 10.9 Å². The summed E-state index contributed by atoms with van der Waals surface area (Å²) in [5, 5.41) is 4.10. The minimum Gasteiger partial charge on any atom is -0.494 e. The van der Waals surface area contributed by atoms with Crippen molar-refractivity contribution < 1.29 is 14.3 Å². The summed E-state index contributed by atoms with van der Waals surface area (Å²) in [7, 11) is 0. The Kier molecular flexibility index (Phi) is 6.78. The molecular weight excluding hydrogens is 402 g/mol. The molecule has 6 nitrogen and oxygen atoms in total. The number of H-pyrrole nitrogens is 1. The molecule has 1 aromatic heterocycles. The van der Waals surface area contributed by atoms with Crippen LogP contribution in [0.1, 0.15) is 42.7 Å². The van der Waals surface area contributed by atoms with Gasteiger partial charge in [-0.05, 0) is 55.5 Å². The molecule has 0 aliphatic carbocycles. The summed E-state index contributed by atoms with van der Waals surface area (Å²) in [4.78, 5) is 30.7. The predicted molar refractivity (Wildman–Crippen MR) is 126 cm³/mol. The lowest BCUT2D eigenvalue weighted by Gasteiger charge is -2.34. The van der Waals surface area contributed by atoms with E-state index in [9.17, 15) is 9.59 Å². The molecule has 2 aromatic carbocycles. The molecule has 1 aliphatic heterocycles. The topological polar surface area (TPSA) is 74.4 Å². The van der Waals surface area contributed by atoms with Crippen LogP contribution < -0.4 is 10.1 Å². The first-order valence-corrected chi connectivity index (χ1v) is 11.4. The number of rotatable bonds is 7. The van der Waals surface area contributed by atoms with Crippen molar-refractivity contribution in [2.75, 3.05) is 19.7 Å². The van der Waals surface area contributed by atoms with E-state index in [0.717, 1.165) is 35.1 Å². The highest BCUT2D eigenvalue weighted by atomic mass is 16.5. The first kappa shape index (κ1) is 21.9. The van der Waals surface area contributed by atoms with Crippen LogP contribution in [0.5, 0.6) is 5.75 Å². The largest absolute Gasteiger partial charge is 0.494 e. The second-order valence-electron chi connectivity index (χ2n) is 8.48. The lowest BCUT2D eigenvalue weighted by Crippen LogP contribution is -2.42. The van der Waals surface area contributed by atoms with Gasteiger partial charge < -0.3 is 19.9 Å². The van der Waals surface area contributed by atoms with Gasteiger partial charge in [-0.3, -0.25) is 9.59 Å². The Morgan fingerprint density at radius 1 is 1.12 bits per heavy atom. The highest BCUT2D eigenvalue weighted by Crippen LogP contribution is 2.27. The molecule has 0 radical (unpaired) electrons. The molecule has 3 aromatic rings. The fourth-order valence-corrected chi connectivity index (χ4v) is 4.40. The van der Waals surface area contributed by atoms with Crippen molar-refractivity contribution in [1.82, 2.24) is 15.2 Å². The molecule has 2 amide bonds. The van der Waals surface area contributed by atoms with E-state index in [-0.39, 0.29) is 23.7 Å². The number of nitrogens with one attached hydrogen (secondary N) is 2. The molecule has 2 N–H and O–H groups in total. The van der Waals surface area contributed by atoms with Gasteiger partial charge in [0.2, 0.25) is 5.91 Å². The van der Waals surface area contributed by atoms with Crippen LogP contribution in [0, 0.1) is 11.8 Å². The smallest absolute Gasteiger partial charge is 0.270 e. The minimum atomic E-state index is -0.0805. The van der Waals surface area contributed by atoms with Gasteiger partial charge in [0.25, 0.3) is 5.91 Å². The Labute approximate surface area is 188 Å². The van der Waals surface area contributed by atoms with Gasteiger partial charge in [-0.2, -0.15) is 0 Å². The number of amides is 2. The van der Waals surface area contributed by atoms with Crippen molar-refractivity contribution >= 4 is 22.7 Å². The molecule has 0 bridgehead atoms. The molecule has 0 unspecified atom stereocenters. The van der Waals surface area contributed by atoms with E-state index in [4.69, 9.17) is 4.74 Å². The van der Waals surface area contributed by atoms with Crippen LogP contribution in [-0.2, 0) is 11.3 Å². The Balaban J connectivity index is 1.26. The third-order valence-corrected chi connectivity index (χ3v) is 6.41. The van der Waals surface area contributed by atoms with E-state index >= 15 is 0 Å². The zero-order valence-corrected chi connectivity index (χ0v) is 18.8. The number of nitrogens with zero attached hydrogens (tertiary/aromatic N) is 1. The third kappa shape index (κ3) is 4.96. The normalized spacial score (nSPS) is 15.5. The summed E-state index contributed by atoms with van der Waals surface area (Å²) >= 11 is 0. The van der Waals surface area contributed by atoms with E-state index in [1.165, 1.54) is 0 Å². The minimum absolute atomic E-state index is 0.0345. The van der Waals surface area contributed by atoms with Crippen molar-refractivity contribution in [2.24, 2.45) is 11.8 Å². The molecule has 168 valence electrons. The molecule has 1 fully saturated rings. The molecule has 6 heteroatoms. The fraction of sp³-hybridized carbons (Fsp3) is 0.385. The monoisotopic (exact) mass is 433 g/mol. The van der Waals surface area contributed by atoms with Crippen molar-refractivity contribution in [3.63, 3.8) is 0 Å². The summed E-state index contributed by atoms with van der Waals surface area (Å²) in [6, 6.07) is 17.6. The zero-order chi connectivity index (χ0) is 22.5. The summed E-state index contributed by atoms with van der Waals surface area (Å²) < 4.78 is 5.46. The van der Waals surface area contributed by atoms with Crippen LogP contribution in [0.2, 0.25) is 0 Å². The Hall–Kier alpha value is -3.28. The van der Waals surface area contributed by atoms with E-state index in [0.29, 0.717) is 31.9 Å². The average Bonchev–Trinajstić information content (AvgIpc) is 3.27. The molecular formula is C26H31N3O3. The van der Waals surface area contributed by atoms with Gasteiger partial charge in [0, 0.05) is 36.5 Å². The number of aromatic nitrogens is 1. The number of hydrogen-bond acceptors (Lipinski definition) is 3. The van der Waals surface area contributed by atoms with Crippen molar-refractivity contribution in [1.29, 1.82) is 0 Å². The number of carbonyl (C=O) groups is 2. The maximum absolute atomic E-state index is 12.9. The van der Waals surface area contributed by atoms with Crippen LogP contribution >= 0.6 is 0 Å². The van der Waals surface area contributed by atoms with Crippen molar-refractivity contribution in [3.8, 4) is 5.75 Å². The zero-order valence-electron chi connectivity index (χ0n) is 18.8. The van der Waals surface area contributed by atoms with E-state index in [1.54, 1.807) is 0 Å². The number of fused-ring (bicyclic) bond motifs is 1. The maximum atomic E-state index is 12.9. The van der Waals surface area contributed by atoms with Crippen LogP contribution in [0.15, 0.2) is 54.6 Å². The lowest BCUT2D eigenvalue weighted by atomic mass is 9.84. The third-order valence-electron chi connectivity index (χ3n) is 6.41. The summed E-state index contributed by atoms with van der Waals surface area (Å²) in [6.45, 7) is 6.45. The second kappa shape index (κ2) is 9.90. The number of benzene rings is 2. The molecule has 0 spiro atoms. The summed E-state index contributed by atoms with van der Waals surface area (Å²) in [5.74, 6) is 1.14. The van der Waals surface area contributed by atoms with E-state index < -0.39 is 0 Å². The van der Waals surface area contributed by atoms with Gasteiger partial charge in [0.1, 0.15) is 11.4 Å². The highest BCUT2D eigenvalue weighted by molar-refractivity contribution is 5.98. The number of ether oxygens (including phenoxy) is 1. The van der Waals surface area contributed by atoms with Gasteiger partial charge in [-0.1, -0.05) is 37.3 Å².